The van der Waals surface area contributed by atoms with E-state index in [-0.39, 0.29) is 0 Å². The molecule has 0 amide bonds. The minimum atomic E-state index is -2.27. The molecule has 5 aromatic heterocycles. The summed E-state index contributed by atoms with van der Waals surface area (Å²) in [6.07, 6.45) is 5.99. The maximum atomic E-state index is 6.45. The molecule has 62 heavy (non-hydrogen) atoms. The Bertz CT molecular complexity index is 3700. The fourth-order valence-corrected chi connectivity index (χ4v) is 13.3. The predicted molar refractivity (Wildman–Crippen MR) is 255 cm³/mol. The van der Waals surface area contributed by atoms with Crippen LogP contribution < -0.4 is 0 Å². The Morgan fingerprint density at radius 2 is 1.10 bits per heavy atom. The Labute approximate surface area is 359 Å². The molecule has 12 rings (SSSR count). The van der Waals surface area contributed by atoms with Crippen LogP contribution in [0.3, 0.4) is 0 Å². The second-order valence-electron chi connectivity index (χ2n) is 15.5. The van der Waals surface area contributed by atoms with Crippen LogP contribution in [0.5, 0.6) is 0 Å². The van der Waals surface area contributed by atoms with Crippen LogP contribution in [0.1, 0.15) is 11.3 Å². The average Bonchev–Trinajstić information content (AvgIpc) is 4.06. The van der Waals surface area contributed by atoms with Gasteiger partial charge < -0.3 is 4.42 Å². The van der Waals surface area contributed by atoms with E-state index in [1.54, 1.807) is 0 Å². The lowest BCUT2D eigenvalue weighted by Crippen LogP contribution is -2.10. The molecule has 0 saturated carbocycles. The van der Waals surface area contributed by atoms with E-state index in [0.717, 1.165) is 77.5 Å². The zero-order chi connectivity index (χ0) is 41.4. The van der Waals surface area contributed by atoms with Gasteiger partial charge in [0.1, 0.15) is 22.8 Å². The molecule has 0 aliphatic heterocycles. The topological polar surface area (TPSA) is 53.2 Å². The molecule has 5 heterocycles. The number of aromatic nitrogens is 5. The first-order chi connectivity index (χ1) is 30.6. The highest BCUT2D eigenvalue weighted by Crippen LogP contribution is 2.74. The second kappa shape index (κ2) is 14.1. The number of fused-ring (bicyclic) bond motifs is 9. The van der Waals surface area contributed by atoms with Gasteiger partial charge in [0.05, 0.1) is 33.3 Å². The summed E-state index contributed by atoms with van der Waals surface area (Å²) in [5.74, 6) is 2.37. The summed E-state index contributed by atoms with van der Waals surface area (Å²) in [7, 11) is -2.27. The third-order valence-corrected chi connectivity index (χ3v) is 16.0. The molecule has 0 fully saturated rings. The van der Waals surface area contributed by atoms with E-state index in [0.29, 0.717) is 0 Å². The van der Waals surface area contributed by atoms with Crippen LogP contribution in [0.15, 0.2) is 231 Å². The van der Waals surface area contributed by atoms with Crippen LogP contribution in [-0.4, -0.2) is 23.5 Å². The van der Waals surface area contributed by atoms with Gasteiger partial charge in [-0.3, -0.25) is 13.5 Å². The van der Waals surface area contributed by atoms with Gasteiger partial charge in [-0.1, -0.05) is 116 Å². The van der Waals surface area contributed by atoms with E-state index in [1.807, 2.05) is 30.4 Å². The number of para-hydroxylation sites is 6. The first-order valence-electron chi connectivity index (χ1n) is 20.8. The largest absolute Gasteiger partial charge is 0.456 e. The first-order valence-corrected chi connectivity index (χ1v) is 22.4. The lowest BCUT2D eigenvalue weighted by molar-refractivity contribution is 0.668. The van der Waals surface area contributed by atoms with Crippen molar-refractivity contribution in [1.82, 2.24) is 23.5 Å². The Balaban J connectivity index is 1.28. The first kappa shape index (κ1) is 36.0. The number of nitrogens with zero attached hydrogens (tertiary/aromatic N) is 5. The molecule has 6 nitrogen and oxygen atoms in total. The van der Waals surface area contributed by atoms with Crippen molar-refractivity contribution in [3.63, 3.8) is 0 Å². The Hall–Kier alpha value is -7.87. The third-order valence-electron chi connectivity index (χ3n) is 12.1. The monoisotopic (exact) mass is 817 g/mol. The standard InChI is InChI=1S/C55H39N5OS/c1-3-4-26-46-37(2)42-23-11-14-27-47(42)58(46)53-35-41(36-54(57-53)60-50-30-17-16-29-49(50)59-48-28-15-13-25-45(48)56-55(59)60)62(38-19-7-5-8-20-38,39-21-9-6-10-22-39)40-32-33-52-44(34-40)43-24-12-18-31-51(43)61-52/h3-36H,1H2,2H3/b26-4-. The number of allylic oxidation sites excluding steroid dienone is 2. The normalized spacial score (nSPS) is 12.5. The Morgan fingerprint density at radius 1 is 0.500 bits per heavy atom. The van der Waals surface area contributed by atoms with E-state index < -0.39 is 10.0 Å². The van der Waals surface area contributed by atoms with Crippen LogP contribution in [0.2, 0.25) is 0 Å². The van der Waals surface area contributed by atoms with Crippen LogP contribution >= 0.6 is 10.0 Å². The van der Waals surface area contributed by atoms with Crippen LogP contribution in [0.25, 0.3) is 78.4 Å². The van der Waals surface area contributed by atoms with Crippen molar-refractivity contribution in [3.05, 3.63) is 218 Å². The zero-order valence-corrected chi connectivity index (χ0v) is 34.7. The summed E-state index contributed by atoms with van der Waals surface area (Å²) in [5.41, 5.74) is 9.07. The highest BCUT2D eigenvalue weighted by Gasteiger charge is 2.36. The number of pyridine rings is 1. The van der Waals surface area contributed by atoms with E-state index in [1.165, 1.54) is 25.6 Å². The number of benzene rings is 7. The van der Waals surface area contributed by atoms with Crippen LogP contribution in [0.4, 0.5) is 0 Å². The summed E-state index contributed by atoms with van der Waals surface area (Å²) in [4.78, 5) is 15.8. The molecule has 7 heteroatoms. The van der Waals surface area contributed by atoms with Gasteiger partial charge in [0, 0.05) is 35.7 Å². The molecule has 12 aromatic rings. The molecule has 296 valence electrons. The maximum Gasteiger partial charge on any atom is 0.221 e. The van der Waals surface area contributed by atoms with E-state index >= 15 is 0 Å². The van der Waals surface area contributed by atoms with Gasteiger partial charge in [0.25, 0.3) is 0 Å². The minimum Gasteiger partial charge on any atom is -0.456 e. The minimum absolute atomic E-state index is 0.770. The molecule has 0 unspecified atom stereocenters. The second-order valence-corrected chi connectivity index (χ2v) is 18.6. The van der Waals surface area contributed by atoms with Crippen molar-refractivity contribution < 1.29 is 4.42 Å². The Kier molecular flexibility index (Phi) is 8.20. The number of imidazole rings is 2. The van der Waals surface area contributed by atoms with Crippen molar-refractivity contribution in [1.29, 1.82) is 0 Å². The van der Waals surface area contributed by atoms with E-state index in [4.69, 9.17) is 14.4 Å². The number of rotatable bonds is 8. The van der Waals surface area contributed by atoms with Gasteiger partial charge in [-0.25, -0.2) is 9.97 Å². The molecule has 0 atom stereocenters. The smallest absolute Gasteiger partial charge is 0.221 e. The van der Waals surface area contributed by atoms with Gasteiger partial charge in [-0.15, -0.1) is 10.0 Å². The van der Waals surface area contributed by atoms with Gasteiger partial charge >= 0.3 is 0 Å². The van der Waals surface area contributed by atoms with Crippen LogP contribution in [0, 0.1) is 6.92 Å². The van der Waals surface area contributed by atoms with Crippen molar-refractivity contribution in [3.8, 4) is 11.6 Å². The highest BCUT2D eigenvalue weighted by atomic mass is 32.3. The molecule has 0 saturated heterocycles. The fourth-order valence-electron chi connectivity index (χ4n) is 9.45. The Morgan fingerprint density at radius 3 is 1.84 bits per heavy atom. The maximum absolute atomic E-state index is 6.45. The number of hydrogen-bond acceptors (Lipinski definition) is 3. The van der Waals surface area contributed by atoms with Crippen LogP contribution in [-0.2, 0) is 0 Å². The zero-order valence-electron chi connectivity index (χ0n) is 33.9. The van der Waals surface area contributed by atoms with E-state index in [9.17, 15) is 0 Å². The SMILES string of the molecule is C=C/C=C\c1c(C)c2ccccc2n1-c1cc(S(c2ccccc2)(c2ccccc2)c2ccc3oc4ccccc4c3c2)cc(-n2c3ccccc3n3c4ccccc4nc23)n1. The lowest BCUT2D eigenvalue weighted by atomic mass is 10.1. The molecule has 0 bridgehead atoms. The van der Waals surface area contributed by atoms with Gasteiger partial charge in [0.2, 0.25) is 5.78 Å². The summed E-state index contributed by atoms with van der Waals surface area (Å²) in [6.45, 7) is 6.24. The van der Waals surface area contributed by atoms with Crippen molar-refractivity contribution in [2.75, 3.05) is 0 Å². The highest BCUT2D eigenvalue weighted by molar-refractivity contribution is 8.34. The van der Waals surface area contributed by atoms with Gasteiger partial charge in [-0.2, -0.15) is 0 Å². The van der Waals surface area contributed by atoms with Crippen molar-refractivity contribution in [2.45, 2.75) is 26.5 Å². The molecule has 0 aliphatic carbocycles. The summed E-state index contributed by atoms with van der Waals surface area (Å²) in [6, 6.07) is 67.3. The summed E-state index contributed by atoms with van der Waals surface area (Å²) < 4.78 is 13.3. The number of aryl methyl sites for hydroxylation is 1. The molecular weight excluding hydrogens is 779 g/mol. The number of furan rings is 1. The molecule has 0 aliphatic rings. The summed E-state index contributed by atoms with van der Waals surface area (Å²) in [5, 5.41) is 3.35. The fraction of sp³-hybridized carbons (Fsp3) is 0.0182. The average molecular weight is 818 g/mol. The van der Waals surface area contributed by atoms with Gasteiger partial charge in [0.15, 0.2) is 0 Å². The molecule has 0 spiro atoms. The molecule has 0 N–H and O–H groups in total. The molecule has 0 radical (unpaired) electrons. The predicted octanol–water partition coefficient (Wildman–Crippen LogP) is 14.5. The molecule has 7 aromatic carbocycles. The quantitative estimate of drug-likeness (QED) is 0.144. The molecular formula is C55H39N5OS. The summed E-state index contributed by atoms with van der Waals surface area (Å²) >= 11 is 0. The third kappa shape index (κ3) is 5.25. The number of hydrogen-bond donors (Lipinski definition) is 0. The van der Waals surface area contributed by atoms with Gasteiger partial charge in [-0.05, 0) is 110 Å². The lowest BCUT2D eigenvalue weighted by Gasteiger charge is -2.42. The van der Waals surface area contributed by atoms with Crippen molar-refractivity contribution >= 4 is 76.8 Å². The van der Waals surface area contributed by atoms with Crippen molar-refractivity contribution in [2.24, 2.45) is 0 Å². The van der Waals surface area contributed by atoms with E-state index in [2.05, 4.69) is 203 Å².